The van der Waals surface area contributed by atoms with Crippen molar-refractivity contribution in [1.29, 1.82) is 0 Å². The van der Waals surface area contributed by atoms with Crippen molar-refractivity contribution < 1.29 is 9.63 Å². The van der Waals surface area contributed by atoms with Crippen LogP contribution >= 0.6 is 0 Å². The van der Waals surface area contributed by atoms with Crippen molar-refractivity contribution in [3.63, 3.8) is 0 Å². The van der Waals surface area contributed by atoms with Gasteiger partial charge in [0.25, 0.3) is 0 Å². The molecule has 0 spiro atoms. The minimum atomic E-state index is -0.320. The zero-order valence-electron chi connectivity index (χ0n) is 8.01. The summed E-state index contributed by atoms with van der Waals surface area (Å²) in [5.41, 5.74) is 0.664. The molecule has 1 aromatic rings. The molecular weight excluding hydrogens is 180 g/mol. The fourth-order valence-corrected chi connectivity index (χ4v) is 0.841. The lowest BCUT2D eigenvalue weighted by Crippen LogP contribution is -1.98. The summed E-state index contributed by atoms with van der Waals surface area (Å²) in [6.07, 6.45) is 4.21. The summed E-state index contributed by atoms with van der Waals surface area (Å²) < 4.78 is 0. The van der Waals surface area contributed by atoms with Gasteiger partial charge in [0.1, 0.15) is 0 Å². The SMILES string of the molecule is CCCC(=O)O/N=C/c1ccccn1. The molecule has 0 amide bonds. The molecule has 0 aliphatic carbocycles. The van der Waals surface area contributed by atoms with Crippen LogP contribution in [0.3, 0.4) is 0 Å². The van der Waals surface area contributed by atoms with Crippen molar-refractivity contribution >= 4 is 12.2 Å². The Hall–Kier alpha value is -1.71. The number of carbonyl (C=O) groups excluding carboxylic acids is 1. The van der Waals surface area contributed by atoms with Crippen molar-refractivity contribution in [1.82, 2.24) is 4.98 Å². The average Bonchev–Trinajstić information content (AvgIpc) is 2.20. The lowest BCUT2D eigenvalue weighted by atomic mass is 10.3. The number of hydrogen-bond acceptors (Lipinski definition) is 4. The van der Waals surface area contributed by atoms with Crippen LogP contribution < -0.4 is 0 Å². The van der Waals surface area contributed by atoms with Gasteiger partial charge < -0.3 is 4.84 Å². The predicted octanol–water partition coefficient (Wildman–Crippen LogP) is 1.76. The van der Waals surface area contributed by atoms with Gasteiger partial charge >= 0.3 is 5.97 Å². The molecule has 0 saturated carbocycles. The number of rotatable bonds is 4. The van der Waals surface area contributed by atoms with Gasteiger partial charge in [-0.1, -0.05) is 18.1 Å². The Balaban J connectivity index is 2.38. The van der Waals surface area contributed by atoms with Crippen LogP contribution in [0.25, 0.3) is 0 Å². The molecule has 0 aromatic carbocycles. The monoisotopic (exact) mass is 192 g/mol. The molecule has 0 aliphatic heterocycles. The summed E-state index contributed by atoms with van der Waals surface area (Å²) in [4.78, 5) is 19.4. The van der Waals surface area contributed by atoms with Crippen molar-refractivity contribution in [2.45, 2.75) is 19.8 Å². The van der Waals surface area contributed by atoms with E-state index in [0.29, 0.717) is 12.1 Å². The Kier molecular flexibility index (Phi) is 4.34. The minimum absolute atomic E-state index is 0.320. The van der Waals surface area contributed by atoms with Crippen LogP contribution in [0.1, 0.15) is 25.5 Å². The van der Waals surface area contributed by atoms with Gasteiger partial charge in [-0.3, -0.25) is 4.98 Å². The van der Waals surface area contributed by atoms with Gasteiger partial charge in [0.05, 0.1) is 11.9 Å². The Bertz CT molecular complexity index is 309. The van der Waals surface area contributed by atoms with Crippen molar-refractivity contribution in [3.8, 4) is 0 Å². The van der Waals surface area contributed by atoms with Crippen LogP contribution in [0.15, 0.2) is 29.6 Å². The third-order valence-electron chi connectivity index (χ3n) is 1.48. The van der Waals surface area contributed by atoms with Crippen LogP contribution in [-0.2, 0) is 9.63 Å². The number of carbonyl (C=O) groups is 1. The Morgan fingerprint density at radius 3 is 3.14 bits per heavy atom. The Morgan fingerprint density at radius 2 is 2.50 bits per heavy atom. The lowest BCUT2D eigenvalue weighted by Gasteiger charge is -1.93. The molecule has 0 aliphatic rings. The zero-order valence-corrected chi connectivity index (χ0v) is 8.01. The van der Waals surface area contributed by atoms with E-state index in [1.165, 1.54) is 6.21 Å². The van der Waals surface area contributed by atoms with Crippen LogP contribution in [0, 0.1) is 0 Å². The highest BCUT2D eigenvalue weighted by atomic mass is 16.7. The van der Waals surface area contributed by atoms with E-state index in [-0.39, 0.29) is 5.97 Å². The molecule has 0 unspecified atom stereocenters. The van der Waals surface area contributed by atoms with Crippen LogP contribution in [0.4, 0.5) is 0 Å². The summed E-state index contributed by atoms with van der Waals surface area (Å²) in [6.45, 7) is 1.91. The van der Waals surface area contributed by atoms with Crippen molar-refractivity contribution in [2.75, 3.05) is 0 Å². The van der Waals surface area contributed by atoms with Crippen molar-refractivity contribution in [3.05, 3.63) is 30.1 Å². The molecule has 4 nitrogen and oxygen atoms in total. The first-order chi connectivity index (χ1) is 6.83. The molecule has 0 atom stereocenters. The van der Waals surface area contributed by atoms with Gasteiger partial charge in [-0.2, -0.15) is 0 Å². The standard InChI is InChI=1S/C10H12N2O2/c1-2-5-10(13)14-12-8-9-6-3-4-7-11-9/h3-4,6-8H,2,5H2,1H3/b12-8+. The topological polar surface area (TPSA) is 51.5 Å². The maximum absolute atomic E-state index is 10.9. The quantitative estimate of drug-likeness (QED) is 0.415. The molecule has 0 N–H and O–H groups in total. The third kappa shape index (κ3) is 3.80. The first kappa shape index (κ1) is 10.4. The first-order valence-corrected chi connectivity index (χ1v) is 4.47. The molecule has 1 aromatic heterocycles. The highest BCUT2D eigenvalue weighted by Crippen LogP contribution is 1.93. The van der Waals surface area contributed by atoms with Gasteiger partial charge in [0, 0.05) is 12.6 Å². The number of aromatic nitrogens is 1. The Morgan fingerprint density at radius 1 is 1.64 bits per heavy atom. The average molecular weight is 192 g/mol. The fourth-order valence-electron chi connectivity index (χ4n) is 0.841. The first-order valence-electron chi connectivity index (χ1n) is 4.47. The summed E-state index contributed by atoms with van der Waals surface area (Å²) >= 11 is 0. The zero-order chi connectivity index (χ0) is 10.2. The highest BCUT2D eigenvalue weighted by molar-refractivity contribution is 5.77. The maximum atomic E-state index is 10.9. The molecule has 0 fully saturated rings. The molecule has 14 heavy (non-hydrogen) atoms. The second-order valence-corrected chi connectivity index (χ2v) is 2.70. The van der Waals surface area contributed by atoms with Gasteiger partial charge in [-0.05, 0) is 18.6 Å². The van der Waals surface area contributed by atoms with E-state index in [4.69, 9.17) is 0 Å². The van der Waals surface area contributed by atoms with E-state index in [1.807, 2.05) is 13.0 Å². The van der Waals surface area contributed by atoms with Crippen LogP contribution in [0.5, 0.6) is 0 Å². The van der Waals surface area contributed by atoms with E-state index in [1.54, 1.807) is 18.3 Å². The van der Waals surface area contributed by atoms with E-state index >= 15 is 0 Å². The summed E-state index contributed by atoms with van der Waals surface area (Å²) in [5, 5.41) is 3.52. The highest BCUT2D eigenvalue weighted by Gasteiger charge is 1.97. The van der Waals surface area contributed by atoms with Gasteiger partial charge in [-0.25, -0.2) is 4.79 Å². The Labute approximate surface area is 82.6 Å². The van der Waals surface area contributed by atoms with Gasteiger partial charge in [0.2, 0.25) is 0 Å². The molecule has 1 heterocycles. The smallest absolute Gasteiger partial charge is 0.318 e. The van der Waals surface area contributed by atoms with E-state index < -0.39 is 0 Å². The van der Waals surface area contributed by atoms with E-state index in [2.05, 4.69) is 15.0 Å². The minimum Gasteiger partial charge on any atom is -0.318 e. The molecule has 74 valence electrons. The summed E-state index contributed by atoms with van der Waals surface area (Å²) in [5.74, 6) is -0.320. The van der Waals surface area contributed by atoms with E-state index in [0.717, 1.165) is 6.42 Å². The number of hydrogen-bond donors (Lipinski definition) is 0. The van der Waals surface area contributed by atoms with Crippen LogP contribution in [0.2, 0.25) is 0 Å². The third-order valence-corrected chi connectivity index (χ3v) is 1.48. The predicted molar refractivity (Wildman–Crippen MR) is 52.8 cm³/mol. The van der Waals surface area contributed by atoms with E-state index in [9.17, 15) is 4.79 Å². The number of nitrogens with zero attached hydrogens (tertiary/aromatic N) is 2. The second kappa shape index (κ2) is 5.85. The summed E-state index contributed by atoms with van der Waals surface area (Å²) in [7, 11) is 0. The second-order valence-electron chi connectivity index (χ2n) is 2.70. The summed E-state index contributed by atoms with van der Waals surface area (Å²) in [6, 6.07) is 5.42. The van der Waals surface area contributed by atoms with Gasteiger partial charge in [0.15, 0.2) is 0 Å². The fraction of sp³-hybridized carbons (Fsp3) is 0.300. The molecular formula is C10H12N2O2. The maximum Gasteiger partial charge on any atom is 0.335 e. The lowest BCUT2D eigenvalue weighted by molar-refractivity contribution is -0.143. The molecule has 0 saturated heterocycles. The van der Waals surface area contributed by atoms with Gasteiger partial charge in [-0.15, -0.1) is 0 Å². The molecule has 1 rings (SSSR count). The molecule has 0 radical (unpaired) electrons. The number of pyridine rings is 1. The number of oxime groups is 1. The normalized spacial score (nSPS) is 10.4. The largest absolute Gasteiger partial charge is 0.335 e. The molecule has 0 bridgehead atoms. The van der Waals surface area contributed by atoms with Crippen molar-refractivity contribution in [2.24, 2.45) is 5.16 Å². The molecule has 4 heteroatoms. The van der Waals surface area contributed by atoms with Crippen LogP contribution in [-0.4, -0.2) is 17.2 Å².